The lowest BCUT2D eigenvalue weighted by Crippen LogP contribution is -2.14. The molecule has 0 aromatic carbocycles. The van der Waals surface area contributed by atoms with Crippen LogP contribution in [0.3, 0.4) is 0 Å². The molecule has 0 atom stereocenters. The van der Waals surface area contributed by atoms with Gasteiger partial charge in [-0.2, -0.15) is 4.98 Å². The Bertz CT molecular complexity index is 630. The Morgan fingerprint density at radius 3 is 3.00 bits per heavy atom. The number of hydrogen-bond donors (Lipinski definition) is 1. The highest BCUT2D eigenvalue weighted by molar-refractivity contribution is 7.99. The van der Waals surface area contributed by atoms with E-state index in [1.165, 1.54) is 18.0 Å². The average molecular weight is 321 g/mol. The van der Waals surface area contributed by atoms with E-state index in [4.69, 9.17) is 9.15 Å². The molecule has 1 amide bonds. The normalized spacial score (nSPS) is 10.2. The lowest BCUT2D eigenvalue weighted by molar-refractivity contribution is -0.142. The number of carbonyl (C=O) groups is 2. The number of nitrogens with zero attached hydrogens (tertiary/aromatic N) is 2. The van der Waals surface area contributed by atoms with E-state index in [1.54, 1.807) is 13.1 Å². The van der Waals surface area contributed by atoms with Crippen LogP contribution >= 0.6 is 11.8 Å². The van der Waals surface area contributed by atoms with Crippen molar-refractivity contribution in [2.24, 2.45) is 0 Å². The Morgan fingerprint density at radius 2 is 2.27 bits per heavy atom. The number of esters is 1. The van der Waals surface area contributed by atoms with Crippen molar-refractivity contribution in [1.82, 2.24) is 9.97 Å². The van der Waals surface area contributed by atoms with Crippen molar-refractivity contribution in [1.29, 1.82) is 0 Å². The molecule has 0 saturated heterocycles. The summed E-state index contributed by atoms with van der Waals surface area (Å²) in [7, 11) is 0. The lowest BCUT2D eigenvalue weighted by Gasteiger charge is -2.00. The van der Waals surface area contributed by atoms with Gasteiger partial charge in [0.05, 0.1) is 29.5 Å². The molecule has 8 heteroatoms. The predicted molar refractivity (Wildman–Crippen MR) is 80.4 cm³/mol. The van der Waals surface area contributed by atoms with Gasteiger partial charge >= 0.3 is 12.0 Å². The molecule has 2 aromatic heterocycles. The van der Waals surface area contributed by atoms with Crippen LogP contribution in [0.2, 0.25) is 0 Å². The van der Waals surface area contributed by atoms with Crippen molar-refractivity contribution < 1.29 is 18.7 Å². The number of anilines is 1. The van der Waals surface area contributed by atoms with Crippen molar-refractivity contribution in [3.63, 3.8) is 0 Å². The number of hydrogen-bond acceptors (Lipinski definition) is 7. The molecule has 0 aliphatic carbocycles. The molecular formula is C14H15N3O4S. The first kappa shape index (κ1) is 16.0. The molecule has 7 nitrogen and oxygen atoms in total. The maximum absolute atomic E-state index is 11.8. The molecule has 0 aliphatic rings. The van der Waals surface area contributed by atoms with Gasteiger partial charge in [-0.25, -0.2) is 4.98 Å². The molecule has 0 fully saturated rings. The van der Waals surface area contributed by atoms with Crippen LogP contribution in [-0.2, 0) is 20.7 Å². The van der Waals surface area contributed by atoms with Crippen LogP contribution in [0.15, 0.2) is 40.1 Å². The topological polar surface area (TPSA) is 94.3 Å². The van der Waals surface area contributed by atoms with Crippen molar-refractivity contribution >= 4 is 29.7 Å². The summed E-state index contributed by atoms with van der Waals surface area (Å²) in [6, 6.07) is 5.54. The third-order valence-electron chi connectivity index (χ3n) is 2.42. The van der Waals surface area contributed by atoms with Crippen LogP contribution in [0.4, 0.5) is 6.01 Å². The Hall–Kier alpha value is -2.35. The molecule has 0 radical (unpaired) electrons. The molecule has 2 heterocycles. The zero-order chi connectivity index (χ0) is 15.8. The molecule has 0 unspecified atom stereocenters. The molecule has 0 spiro atoms. The van der Waals surface area contributed by atoms with Crippen molar-refractivity contribution in [3.8, 4) is 0 Å². The van der Waals surface area contributed by atoms with Gasteiger partial charge < -0.3 is 9.15 Å². The summed E-state index contributed by atoms with van der Waals surface area (Å²) in [6.07, 6.45) is 2.99. The number of carbonyl (C=O) groups excluding carboxylic acids is 2. The van der Waals surface area contributed by atoms with Gasteiger partial charge in [0.25, 0.3) is 0 Å². The number of pyridine rings is 1. The fraction of sp³-hybridized carbons (Fsp3) is 0.286. The maximum atomic E-state index is 11.8. The van der Waals surface area contributed by atoms with Crippen LogP contribution < -0.4 is 5.32 Å². The quantitative estimate of drug-likeness (QED) is 0.615. The van der Waals surface area contributed by atoms with E-state index in [-0.39, 0.29) is 30.1 Å². The first-order valence-electron chi connectivity index (χ1n) is 6.61. The SMILES string of the molecule is CCOC(=O)Cc1coc(NC(=O)CSc2ccccn2)n1. The summed E-state index contributed by atoms with van der Waals surface area (Å²) < 4.78 is 9.90. The van der Waals surface area contributed by atoms with E-state index in [2.05, 4.69) is 15.3 Å². The predicted octanol–water partition coefficient (Wildman–Crippen LogP) is 1.91. The number of nitrogens with one attached hydrogen (secondary N) is 1. The van der Waals surface area contributed by atoms with Crippen molar-refractivity contribution in [3.05, 3.63) is 36.4 Å². The van der Waals surface area contributed by atoms with Crippen LogP contribution in [0.25, 0.3) is 0 Å². The molecule has 22 heavy (non-hydrogen) atoms. The van der Waals surface area contributed by atoms with Crippen LogP contribution in [0.1, 0.15) is 12.6 Å². The van der Waals surface area contributed by atoms with Gasteiger partial charge in [-0.1, -0.05) is 17.8 Å². The summed E-state index contributed by atoms with van der Waals surface area (Å²) in [6.45, 7) is 2.04. The molecule has 1 N–H and O–H groups in total. The molecule has 2 aromatic rings. The van der Waals surface area contributed by atoms with Crippen LogP contribution in [0, 0.1) is 0 Å². The van der Waals surface area contributed by atoms with Crippen LogP contribution in [0.5, 0.6) is 0 Å². The van der Waals surface area contributed by atoms with Crippen molar-refractivity contribution in [2.75, 3.05) is 17.7 Å². The molecule has 0 aliphatic heterocycles. The highest BCUT2D eigenvalue weighted by atomic mass is 32.2. The lowest BCUT2D eigenvalue weighted by atomic mass is 10.3. The summed E-state index contributed by atoms with van der Waals surface area (Å²) in [5.41, 5.74) is 0.408. The first-order valence-corrected chi connectivity index (χ1v) is 7.59. The number of oxazole rings is 1. The summed E-state index contributed by atoms with van der Waals surface area (Å²) in [4.78, 5) is 31.2. The van der Waals surface area contributed by atoms with Gasteiger partial charge in [0.2, 0.25) is 5.91 Å². The summed E-state index contributed by atoms with van der Waals surface area (Å²) >= 11 is 1.31. The number of rotatable bonds is 7. The fourth-order valence-electron chi connectivity index (χ4n) is 1.53. The minimum absolute atomic E-state index is 0.00982. The Kier molecular flexibility index (Phi) is 5.96. The monoisotopic (exact) mass is 321 g/mol. The summed E-state index contributed by atoms with van der Waals surface area (Å²) in [5, 5.41) is 3.28. The molecule has 116 valence electrons. The molecule has 0 bridgehead atoms. The van der Waals surface area contributed by atoms with E-state index in [0.717, 1.165) is 5.03 Å². The largest absolute Gasteiger partial charge is 0.466 e. The second kappa shape index (κ2) is 8.18. The van der Waals surface area contributed by atoms with E-state index in [0.29, 0.717) is 12.3 Å². The second-order valence-electron chi connectivity index (χ2n) is 4.13. The minimum Gasteiger partial charge on any atom is -0.466 e. The van der Waals surface area contributed by atoms with Gasteiger partial charge in [0, 0.05) is 6.20 Å². The van der Waals surface area contributed by atoms with Gasteiger partial charge in [0.1, 0.15) is 6.26 Å². The van der Waals surface area contributed by atoms with Crippen molar-refractivity contribution in [2.45, 2.75) is 18.4 Å². The Morgan fingerprint density at radius 1 is 1.41 bits per heavy atom. The zero-order valence-corrected chi connectivity index (χ0v) is 12.8. The number of ether oxygens (including phenoxy) is 1. The third kappa shape index (κ3) is 5.21. The molecule has 0 saturated carbocycles. The fourth-order valence-corrected chi connectivity index (χ4v) is 2.19. The van der Waals surface area contributed by atoms with Gasteiger partial charge in [-0.15, -0.1) is 0 Å². The first-order chi connectivity index (χ1) is 10.7. The highest BCUT2D eigenvalue weighted by Gasteiger charge is 2.12. The van der Waals surface area contributed by atoms with E-state index < -0.39 is 0 Å². The smallest absolute Gasteiger partial charge is 0.311 e. The zero-order valence-electron chi connectivity index (χ0n) is 11.9. The van der Waals surface area contributed by atoms with Gasteiger partial charge in [0.15, 0.2) is 0 Å². The van der Waals surface area contributed by atoms with E-state index in [9.17, 15) is 9.59 Å². The average Bonchev–Trinajstić information content (AvgIpc) is 2.93. The van der Waals surface area contributed by atoms with E-state index in [1.807, 2.05) is 18.2 Å². The van der Waals surface area contributed by atoms with Crippen LogP contribution in [-0.4, -0.2) is 34.2 Å². The molecular weight excluding hydrogens is 306 g/mol. The number of thioether (sulfide) groups is 1. The summed E-state index contributed by atoms with van der Waals surface area (Å²) in [5.74, 6) is -0.466. The molecule has 2 rings (SSSR count). The number of aromatic nitrogens is 2. The second-order valence-corrected chi connectivity index (χ2v) is 5.13. The third-order valence-corrected chi connectivity index (χ3v) is 3.36. The van der Waals surface area contributed by atoms with Gasteiger partial charge in [-0.05, 0) is 19.1 Å². The Balaban J connectivity index is 1.79. The Labute approximate surface area is 131 Å². The maximum Gasteiger partial charge on any atom is 0.311 e. The van der Waals surface area contributed by atoms with Gasteiger partial charge in [-0.3, -0.25) is 14.9 Å². The highest BCUT2D eigenvalue weighted by Crippen LogP contribution is 2.15. The minimum atomic E-state index is -0.389. The standard InChI is InChI=1S/C14H15N3O4S/c1-2-20-13(19)7-10-8-21-14(16-10)17-11(18)9-22-12-5-3-4-6-15-12/h3-6,8H,2,7,9H2,1H3,(H,16,17,18). The van der Waals surface area contributed by atoms with E-state index >= 15 is 0 Å². The number of amides is 1.